The molecule has 4 aromatic rings. The molecule has 13 heteroatoms. The van der Waals surface area contributed by atoms with E-state index in [9.17, 15) is 27.6 Å². The standard InChI is InChI=1S/C26H22F4N4O5/c1-38-21-13-7-11-19(22(21)27)34-24(36)32(14-17-10-5-6-12-20(17)39-26(28,29)30)23(35)33(25(34)37)15-18(31)16-8-3-2-4-9-16/h2-13,18H,14-15,31H2,1H3. The molecule has 2 N–H and O–H groups in total. The molecule has 0 spiro atoms. The first-order valence-electron chi connectivity index (χ1n) is 11.5. The Bertz CT molecular complexity index is 1660. The number of methoxy groups -OCH3 is 1. The van der Waals surface area contributed by atoms with Crippen molar-refractivity contribution >= 4 is 0 Å². The average Bonchev–Trinajstić information content (AvgIpc) is 2.90. The van der Waals surface area contributed by atoms with Crippen molar-refractivity contribution in [1.29, 1.82) is 0 Å². The summed E-state index contributed by atoms with van der Waals surface area (Å²) < 4.78 is 64.6. The van der Waals surface area contributed by atoms with Gasteiger partial charge in [-0.1, -0.05) is 54.6 Å². The average molecular weight is 546 g/mol. The van der Waals surface area contributed by atoms with Crippen molar-refractivity contribution < 1.29 is 27.0 Å². The summed E-state index contributed by atoms with van der Waals surface area (Å²) in [6.07, 6.45) is -5.05. The molecule has 0 radical (unpaired) electrons. The molecule has 1 atom stereocenters. The van der Waals surface area contributed by atoms with Gasteiger partial charge in [0, 0.05) is 11.6 Å². The topological polar surface area (TPSA) is 110 Å². The molecule has 0 aliphatic rings. The lowest BCUT2D eigenvalue weighted by Crippen LogP contribution is -2.55. The molecule has 0 amide bonds. The summed E-state index contributed by atoms with van der Waals surface area (Å²) in [7, 11) is 1.18. The van der Waals surface area contributed by atoms with Gasteiger partial charge in [-0.2, -0.15) is 0 Å². The number of benzene rings is 3. The maximum atomic E-state index is 15.2. The molecule has 1 heterocycles. The molecule has 39 heavy (non-hydrogen) atoms. The van der Waals surface area contributed by atoms with Crippen LogP contribution in [0.15, 0.2) is 87.2 Å². The lowest BCUT2D eigenvalue weighted by atomic mass is 10.1. The van der Waals surface area contributed by atoms with E-state index in [4.69, 9.17) is 10.5 Å². The summed E-state index contributed by atoms with van der Waals surface area (Å²) in [6, 6.07) is 16.1. The van der Waals surface area contributed by atoms with Crippen molar-refractivity contribution in [2.45, 2.75) is 25.5 Å². The summed E-state index contributed by atoms with van der Waals surface area (Å²) in [5.41, 5.74) is 2.43. The van der Waals surface area contributed by atoms with Gasteiger partial charge >= 0.3 is 23.4 Å². The second-order valence-electron chi connectivity index (χ2n) is 8.35. The molecule has 0 fully saturated rings. The van der Waals surface area contributed by atoms with Gasteiger partial charge in [0.1, 0.15) is 5.75 Å². The smallest absolute Gasteiger partial charge is 0.494 e. The number of nitrogens with two attached hydrogens (primary N) is 1. The molecule has 1 unspecified atom stereocenters. The normalized spacial score (nSPS) is 12.3. The maximum Gasteiger partial charge on any atom is 0.573 e. The lowest BCUT2D eigenvalue weighted by molar-refractivity contribution is -0.274. The number of ether oxygens (including phenoxy) is 2. The van der Waals surface area contributed by atoms with Crippen LogP contribution in [0.3, 0.4) is 0 Å². The predicted molar refractivity (Wildman–Crippen MR) is 133 cm³/mol. The second kappa shape index (κ2) is 11.0. The van der Waals surface area contributed by atoms with E-state index in [1.54, 1.807) is 30.3 Å². The van der Waals surface area contributed by atoms with E-state index in [0.29, 0.717) is 19.3 Å². The summed E-state index contributed by atoms with van der Waals surface area (Å²) in [5.74, 6) is -2.01. The monoisotopic (exact) mass is 546 g/mol. The van der Waals surface area contributed by atoms with Gasteiger partial charge in [0.05, 0.1) is 25.9 Å². The number of hydrogen-bond acceptors (Lipinski definition) is 6. The van der Waals surface area contributed by atoms with Crippen LogP contribution in [0.5, 0.6) is 11.5 Å². The third-order valence-corrected chi connectivity index (χ3v) is 5.84. The van der Waals surface area contributed by atoms with Crippen LogP contribution in [0.1, 0.15) is 17.2 Å². The third-order valence-electron chi connectivity index (χ3n) is 5.84. The van der Waals surface area contributed by atoms with Gasteiger partial charge in [-0.15, -0.1) is 13.2 Å². The minimum Gasteiger partial charge on any atom is -0.494 e. The van der Waals surface area contributed by atoms with Gasteiger partial charge in [0.15, 0.2) is 11.6 Å². The van der Waals surface area contributed by atoms with Gasteiger partial charge in [-0.05, 0) is 23.8 Å². The van der Waals surface area contributed by atoms with Crippen LogP contribution in [-0.2, 0) is 13.1 Å². The van der Waals surface area contributed by atoms with Crippen LogP contribution < -0.4 is 32.3 Å². The van der Waals surface area contributed by atoms with Crippen LogP contribution in [0.2, 0.25) is 0 Å². The van der Waals surface area contributed by atoms with Crippen molar-refractivity contribution in [3.05, 3.63) is 121 Å². The van der Waals surface area contributed by atoms with Crippen molar-refractivity contribution in [3.63, 3.8) is 0 Å². The number of para-hydroxylation sites is 1. The predicted octanol–water partition coefficient (Wildman–Crippen LogP) is 2.96. The molecule has 3 aromatic carbocycles. The first kappa shape index (κ1) is 27.4. The van der Waals surface area contributed by atoms with Gasteiger partial charge in [-0.3, -0.25) is 0 Å². The van der Waals surface area contributed by atoms with Crippen LogP contribution in [-0.4, -0.2) is 27.2 Å². The SMILES string of the molecule is COc1cccc(-n2c(=O)n(Cc3ccccc3OC(F)(F)F)c(=O)n(CC(N)c3ccccc3)c2=O)c1F. The van der Waals surface area contributed by atoms with E-state index in [2.05, 4.69) is 4.74 Å². The molecule has 4 rings (SSSR count). The lowest BCUT2D eigenvalue weighted by Gasteiger charge is -2.19. The highest BCUT2D eigenvalue weighted by atomic mass is 19.4. The highest BCUT2D eigenvalue weighted by molar-refractivity contribution is 5.41. The van der Waals surface area contributed by atoms with Gasteiger partial charge in [-0.25, -0.2) is 32.5 Å². The maximum absolute atomic E-state index is 15.2. The first-order valence-corrected chi connectivity index (χ1v) is 11.5. The van der Waals surface area contributed by atoms with E-state index in [1.807, 2.05) is 0 Å². The molecular formula is C26H22F4N4O5. The Morgan fingerprint density at radius 1 is 0.821 bits per heavy atom. The van der Waals surface area contributed by atoms with Crippen molar-refractivity contribution in [3.8, 4) is 17.2 Å². The molecule has 1 aromatic heterocycles. The highest BCUT2D eigenvalue weighted by Gasteiger charge is 2.32. The van der Waals surface area contributed by atoms with Gasteiger partial charge in [0.25, 0.3) is 0 Å². The Labute approximate surface area is 217 Å². The van der Waals surface area contributed by atoms with E-state index >= 15 is 4.39 Å². The van der Waals surface area contributed by atoms with Crippen LogP contribution in [0, 0.1) is 5.82 Å². The second-order valence-corrected chi connectivity index (χ2v) is 8.35. The molecular weight excluding hydrogens is 524 g/mol. The molecule has 0 saturated heterocycles. The first-order chi connectivity index (χ1) is 18.5. The third kappa shape index (κ3) is 5.77. The van der Waals surface area contributed by atoms with Crippen LogP contribution >= 0.6 is 0 Å². The molecule has 0 aliphatic heterocycles. The van der Waals surface area contributed by atoms with E-state index < -0.39 is 59.8 Å². The quantitative estimate of drug-likeness (QED) is 0.341. The van der Waals surface area contributed by atoms with E-state index in [0.717, 1.165) is 12.1 Å². The van der Waals surface area contributed by atoms with Crippen LogP contribution in [0.4, 0.5) is 17.6 Å². The number of nitrogens with zero attached hydrogens (tertiary/aromatic N) is 3. The Hall–Kier alpha value is -4.65. The number of rotatable bonds is 8. The van der Waals surface area contributed by atoms with Crippen LogP contribution in [0.25, 0.3) is 5.69 Å². The zero-order valence-electron chi connectivity index (χ0n) is 20.4. The number of alkyl halides is 3. The number of hydrogen-bond donors (Lipinski definition) is 1. The Balaban J connectivity index is 1.95. The van der Waals surface area contributed by atoms with Crippen molar-refractivity contribution in [2.24, 2.45) is 5.73 Å². The molecule has 204 valence electrons. The summed E-state index contributed by atoms with van der Waals surface area (Å²) >= 11 is 0. The molecule has 0 aliphatic carbocycles. The molecule has 0 bridgehead atoms. The zero-order chi connectivity index (χ0) is 28.3. The van der Waals surface area contributed by atoms with E-state index in [1.165, 1.54) is 37.4 Å². The van der Waals surface area contributed by atoms with E-state index in [-0.39, 0.29) is 11.3 Å². The zero-order valence-corrected chi connectivity index (χ0v) is 20.4. The van der Waals surface area contributed by atoms with Gasteiger partial charge < -0.3 is 15.2 Å². The minimum absolute atomic E-state index is 0.191. The van der Waals surface area contributed by atoms with Gasteiger partial charge in [0.2, 0.25) is 0 Å². The molecule has 9 nitrogen and oxygen atoms in total. The fourth-order valence-electron chi connectivity index (χ4n) is 3.99. The summed E-state index contributed by atoms with van der Waals surface area (Å²) in [5, 5.41) is 0. The van der Waals surface area contributed by atoms with Crippen molar-refractivity contribution in [1.82, 2.24) is 13.7 Å². The summed E-state index contributed by atoms with van der Waals surface area (Å²) in [4.78, 5) is 40.4. The number of aromatic nitrogens is 3. The fourth-order valence-corrected chi connectivity index (χ4v) is 3.99. The Kier molecular flexibility index (Phi) is 7.72. The summed E-state index contributed by atoms with van der Waals surface area (Å²) in [6.45, 7) is -1.15. The number of halogens is 4. The Morgan fingerprint density at radius 2 is 1.44 bits per heavy atom. The fraction of sp³-hybridized carbons (Fsp3) is 0.192. The highest BCUT2D eigenvalue weighted by Crippen LogP contribution is 2.26. The Morgan fingerprint density at radius 3 is 2.10 bits per heavy atom. The largest absolute Gasteiger partial charge is 0.573 e. The van der Waals surface area contributed by atoms with Crippen molar-refractivity contribution in [2.75, 3.05) is 7.11 Å². The molecule has 0 saturated carbocycles. The minimum atomic E-state index is -5.05.